The van der Waals surface area contributed by atoms with E-state index >= 15 is 0 Å². The number of nitro benzene ring substituents is 1. The van der Waals surface area contributed by atoms with Crippen molar-refractivity contribution < 1.29 is 14.8 Å². The van der Waals surface area contributed by atoms with Crippen LogP contribution in [0.15, 0.2) is 36.4 Å². The first-order chi connectivity index (χ1) is 10.0. The van der Waals surface area contributed by atoms with Crippen molar-refractivity contribution in [2.45, 2.75) is 13.5 Å². The van der Waals surface area contributed by atoms with Crippen molar-refractivity contribution in [3.8, 4) is 17.6 Å². The predicted octanol–water partition coefficient (Wildman–Crippen LogP) is 3.06. The average molecular weight is 284 g/mol. The standard InChI is InChI=1S/C15H12N2O4/c1-10-6-13(4-3-12(10)9-18)21-15-5-2-11(8-16)7-14(15)17(19)20/h2-7,18H,9H2,1H3. The third kappa shape index (κ3) is 3.16. The summed E-state index contributed by atoms with van der Waals surface area (Å²) in [5.74, 6) is 0.493. The van der Waals surface area contributed by atoms with Crippen molar-refractivity contribution in [2.24, 2.45) is 0 Å². The molecule has 0 amide bonds. The number of aryl methyl sites for hydroxylation is 1. The third-order valence-electron chi connectivity index (χ3n) is 3.00. The SMILES string of the molecule is Cc1cc(Oc2ccc(C#N)cc2[N+](=O)[O-])ccc1CO. The molecule has 1 N–H and O–H groups in total. The number of hydrogen-bond acceptors (Lipinski definition) is 5. The smallest absolute Gasteiger partial charge is 0.312 e. The molecule has 0 aromatic heterocycles. The molecule has 2 aromatic rings. The van der Waals surface area contributed by atoms with Gasteiger partial charge in [0.1, 0.15) is 5.75 Å². The molecule has 0 atom stereocenters. The Hall–Kier alpha value is -2.91. The van der Waals surface area contributed by atoms with Crippen LogP contribution in [0, 0.1) is 28.4 Å². The summed E-state index contributed by atoms with van der Waals surface area (Å²) in [5.41, 5.74) is 1.52. The zero-order chi connectivity index (χ0) is 15.4. The van der Waals surface area contributed by atoms with E-state index in [4.69, 9.17) is 15.1 Å². The van der Waals surface area contributed by atoms with Crippen molar-refractivity contribution in [1.82, 2.24) is 0 Å². The molecule has 106 valence electrons. The Morgan fingerprint density at radius 1 is 1.33 bits per heavy atom. The Morgan fingerprint density at radius 2 is 2.10 bits per heavy atom. The molecule has 0 bridgehead atoms. The summed E-state index contributed by atoms with van der Waals surface area (Å²) in [6.07, 6.45) is 0. The second-order valence-electron chi connectivity index (χ2n) is 4.40. The van der Waals surface area contributed by atoms with Crippen molar-refractivity contribution >= 4 is 5.69 Å². The van der Waals surface area contributed by atoms with Crippen LogP contribution in [0.2, 0.25) is 0 Å². The van der Waals surface area contributed by atoms with Gasteiger partial charge in [-0.2, -0.15) is 5.26 Å². The van der Waals surface area contributed by atoms with Gasteiger partial charge < -0.3 is 9.84 Å². The van der Waals surface area contributed by atoms with Crippen LogP contribution in [0.4, 0.5) is 5.69 Å². The lowest BCUT2D eigenvalue weighted by atomic mass is 10.1. The van der Waals surface area contributed by atoms with E-state index in [1.807, 2.05) is 13.0 Å². The Morgan fingerprint density at radius 3 is 2.67 bits per heavy atom. The Kier molecular flexibility index (Phi) is 4.16. The van der Waals surface area contributed by atoms with Crippen LogP contribution in [-0.2, 0) is 6.61 Å². The lowest BCUT2D eigenvalue weighted by Gasteiger charge is -2.09. The van der Waals surface area contributed by atoms with Crippen LogP contribution in [-0.4, -0.2) is 10.0 Å². The zero-order valence-electron chi connectivity index (χ0n) is 11.2. The van der Waals surface area contributed by atoms with E-state index in [9.17, 15) is 10.1 Å². The minimum absolute atomic E-state index is 0.0650. The van der Waals surface area contributed by atoms with Gasteiger partial charge in [0.25, 0.3) is 0 Å². The highest BCUT2D eigenvalue weighted by atomic mass is 16.6. The van der Waals surface area contributed by atoms with Gasteiger partial charge >= 0.3 is 5.69 Å². The van der Waals surface area contributed by atoms with E-state index in [0.29, 0.717) is 5.75 Å². The van der Waals surface area contributed by atoms with Crippen molar-refractivity contribution in [2.75, 3.05) is 0 Å². The summed E-state index contributed by atoms with van der Waals surface area (Å²) in [6.45, 7) is 1.73. The quantitative estimate of drug-likeness (QED) is 0.687. The van der Waals surface area contributed by atoms with Crippen molar-refractivity contribution in [1.29, 1.82) is 5.26 Å². The number of nitrogens with zero attached hydrogens (tertiary/aromatic N) is 2. The fourth-order valence-corrected chi connectivity index (χ4v) is 1.85. The zero-order valence-corrected chi connectivity index (χ0v) is 11.2. The number of nitro groups is 1. The van der Waals surface area contributed by atoms with E-state index in [1.165, 1.54) is 18.2 Å². The molecular weight excluding hydrogens is 272 g/mol. The van der Waals surface area contributed by atoms with Crippen LogP contribution in [0.3, 0.4) is 0 Å². The van der Waals surface area contributed by atoms with Gasteiger partial charge in [0, 0.05) is 6.07 Å². The van der Waals surface area contributed by atoms with E-state index in [1.54, 1.807) is 18.2 Å². The summed E-state index contributed by atoms with van der Waals surface area (Å²) >= 11 is 0. The molecule has 0 heterocycles. The van der Waals surface area contributed by atoms with Gasteiger partial charge in [-0.3, -0.25) is 10.1 Å². The van der Waals surface area contributed by atoms with Crippen molar-refractivity contribution in [3.05, 3.63) is 63.2 Å². The second-order valence-corrected chi connectivity index (χ2v) is 4.40. The molecule has 6 nitrogen and oxygen atoms in total. The normalized spacial score (nSPS) is 9.95. The van der Waals surface area contributed by atoms with Gasteiger partial charge in [-0.15, -0.1) is 0 Å². The first kappa shape index (κ1) is 14.5. The Labute approximate surface area is 121 Å². The maximum absolute atomic E-state index is 11.0. The summed E-state index contributed by atoms with van der Waals surface area (Å²) in [7, 11) is 0. The fourth-order valence-electron chi connectivity index (χ4n) is 1.85. The van der Waals surface area contributed by atoms with Gasteiger partial charge in [0.15, 0.2) is 0 Å². The molecule has 6 heteroatoms. The van der Waals surface area contributed by atoms with Gasteiger partial charge in [0.05, 0.1) is 23.2 Å². The lowest BCUT2D eigenvalue weighted by Crippen LogP contribution is -1.95. The highest BCUT2D eigenvalue weighted by Gasteiger charge is 2.17. The first-order valence-electron chi connectivity index (χ1n) is 6.12. The summed E-state index contributed by atoms with van der Waals surface area (Å²) < 4.78 is 5.52. The van der Waals surface area contributed by atoms with E-state index in [2.05, 4.69) is 0 Å². The molecule has 0 saturated carbocycles. The molecule has 0 unspecified atom stereocenters. The maximum atomic E-state index is 11.0. The summed E-state index contributed by atoms with van der Waals surface area (Å²) in [4.78, 5) is 10.4. The number of benzene rings is 2. The van der Waals surface area contributed by atoms with E-state index < -0.39 is 4.92 Å². The van der Waals surface area contributed by atoms with Crippen LogP contribution < -0.4 is 4.74 Å². The van der Waals surface area contributed by atoms with Crippen LogP contribution >= 0.6 is 0 Å². The molecule has 2 aromatic carbocycles. The molecule has 0 spiro atoms. The number of rotatable bonds is 4. The average Bonchev–Trinajstić information content (AvgIpc) is 2.47. The highest BCUT2D eigenvalue weighted by molar-refractivity contribution is 5.53. The Bertz CT molecular complexity index is 735. The molecule has 0 radical (unpaired) electrons. The van der Waals surface area contributed by atoms with E-state index in [-0.39, 0.29) is 23.6 Å². The predicted molar refractivity (Wildman–Crippen MR) is 75.0 cm³/mol. The monoisotopic (exact) mass is 284 g/mol. The maximum Gasteiger partial charge on any atom is 0.312 e. The number of aliphatic hydroxyl groups excluding tert-OH is 1. The summed E-state index contributed by atoms with van der Waals surface area (Å²) in [6, 6.07) is 10.9. The van der Waals surface area contributed by atoms with Gasteiger partial charge in [-0.25, -0.2) is 0 Å². The van der Waals surface area contributed by atoms with Crippen LogP contribution in [0.1, 0.15) is 16.7 Å². The minimum Gasteiger partial charge on any atom is -0.450 e. The molecular formula is C15H12N2O4. The van der Waals surface area contributed by atoms with Gasteiger partial charge in [-0.05, 0) is 42.3 Å². The van der Waals surface area contributed by atoms with Crippen LogP contribution in [0.25, 0.3) is 0 Å². The number of hydrogen-bond donors (Lipinski definition) is 1. The first-order valence-corrected chi connectivity index (χ1v) is 6.12. The number of ether oxygens (including phenoxy) is 1. The fraction of sp³-hybridized carbons (Fsp3) is 0.133. The molecule has 0 fully saturated rings. The molecule has 0 aliphatic carbocycles. The molecule has 0 aliphatic heterocycles. The summed E-state index contributed by atoms with van der Waals surface area (Å²) in [5, 5.41) is 28.9. The lowest BCUT2D eigenvalue weighted by molar-refractivity contribution is -0.385. The molecule has 0 aliphatic rings. The molecule has 2 rings (SSSR count). The van der Waals surface area contributed by atoms with Gasteiger partial charge in [0.2, 0.25) is 5.75 Å². The number of aliphatic hydroxyl groups is 1. The third-order valence-corrected chi connectivity index (χ3v) is 3.00. The minimum atomic E-state index is -0.592. The second kappa shape index (κ2) is 6.03. The van der Waals surface area contributed by atoms with Crippen LogP contribution in [0.5, 0.6) is 11.5 Å². The van der Waals surface area contributed by atoms with Gasteiger partial charge in [-0.1, -0.05) is 6.07 Å². The van der Waals surface area contributed by atoms with Crippen molar-refractivity contribution in [3.63, 3.8) is 0 Å². The topological polar surface area (TPSA) is 96.4 Å². The largest absolute Gasteiger partial charge is 0.450 e. The number of nitriles is 1. The Balaban J connectivity index is 2.37. The molecule has 21 heavy (non-hydrogen) atoms. The highest BCUT2D eigenvalue weighted by Crippen LogP contribution is 2.32. The molecule has 0 saturated heterocycles. The van der Waals surface area contributed by atoms with E-state index in [0.717, 1.165) is 11.1 Å².